The van der Waals surface area contributed by atoms with Gasteiger partial charge in [-0.05, 0) is 20.3 Å². The van der Waals surface area contributed by atoms with Crippen molar-refractivity contribution in [2.75, 3.05) is 40.6 Å². The number of ether oxygens (including phenoxy) is 5. The SMILES string of the molecule is CCCC(=O)OCC(C)(COC(=O)OCC(C)(CO)C(=O)OC)C(=O)OC. The van der Waals surface area contributed by atoms with Crippen LogP contribution in [-0.4, -0.2) is 69.8 Å². The summed E-state index contributed by atoms with van der Waals surface area (Å²) < 4.78 is 23.9. The first-order valence-corrected chi connectivity index (χ1v) is 8.31. The van der Waals surface area contributed by atoms with Gasteiger partial charge in [-0.1, -0.05) is 6.92 Å². The van der Waals surface area contributed by atoms with E-state index in [0.29, 0.717) is 6.42 Å². The smallest absolute Gasteiger partial charge is 0.468 e. The summed E-state index contributed by atoms with van der Waals surface area (Å²) in [4.78, 5) is 46.8. The number of carbonyl (C=O) groups is 4. The standard InChI is InChI=1S/C17H28O10/c1-6-7-12(19)25-10-17(3,14(21)24-5)11-27-15(22)26-9-16(2,8-18)13(20)23-4/h18H,6-11H2,1-5H3. The minimum absolute atomic E-state index is 0.188. The molecule has 0 fully saturated rings. The molecular weight excluding hydrogens is 364 g/mol. The molecule has 0 amide bonds. The van der Waals surface area contributed by atoms with Gasteiger partial charge in [0.15, 0.2) is 0 Å². The minimum atomic E-state index is -1.45. The van der Waals surface area contributed by atoms with Crippen LogP contribution in [0.3, 0.4) is 0 Å². The van der Waals surface area contributed by atoms with Crippen LogP contribution < -0.4 is 0 Å². The molecule has 0 rings (SSSR count). The summed E-state index contributed by atoms with van der Waals surface area (Å²) in [5.41, 5.74) is -2.88. The highest BCUT2D eigenvalue weighted by atomic mass is 16.7. The zero-order chi connectivity index (χ0) is 21.1. The molecule has 2 unspecified atom stereocenters. The Labute approximate surface area is 158 Å². The number of aliphatic hydroxyl groups excluding tert-OH is 1. The molecule has 27 heavy (non-hydrogen) atoms. The summed E-state index contributed by atoms with van der Waals surface area (Å²) in [5, 5.41) is 9.29. The van der Waals surface area contributed by atoms with Crippen LogP contribution in [-0.2, 0) is 38.1 Å². The van der Waals surface area contributed by atoms with Crippen molar-refractivity contribution in [3.63, 3.8) is 0 Å². The van der Waals surface area contributed by atoms with Gasteiger partial charge in [-0.25, -0.2) is 4.79 Å². The van der Waals surface area contributed by atoms with Crippen LogP contribution in [0.25, 0.3) is 0 Å². The third kappa shape index (κ3) is 7.81. The molecule has 0 aromatic rings. The fourth-order valence-electron chi connectivity index (χ4n) is 1.82. The Kier molecular flexibility index (Phi) is 10.4. The van der Waals surface area contributed by atoms with E-state index in [1.54, 1.807) is 6.92 Å². The molecule has 0 aliphatic heterocycles. The highest BCUT2D eigenvalue weighted by molar-refractivity contribution is 5.78. The number of hydrogen-bond acceptors (Lipinski definition) is 10. The first-order chi connectivity index (χ1) is 12.6. The van der Waals surface area contributed by atoms with E-state index in [-0.39, 0.29) is 13.0 Å². The topological polar surface area (TPSA) is 135 Å². The first-order valence-electron chi connectivity index (χ1n) is 8.31. The number of methoxy groups -OCH3 is 2. The Morgan fingerprint density at radius 1 is 0.815 bits per heavy atom. The average Bonchev–Trinajstić information content (AvgIpc) is 2.67. The lowest BCUT2D eigenvalue weighted by Crippen LogP contribution is -2.41. The summed E-state index contributed by atoms with van der Waals surface area (Å²) in [6.07, 6.45) is -0.401. The molecule has 2 atom stereocenters. The van der Waals surface area contributed by atoms with E-state index in [9.17, 15) is 24.3 Å². The number of aliphatic hydroxyl groups is 1. The summed E-state index contributed by atoms with van der Waals surface area (Å²) in [5.74, 6) is -2.00. The lowest BCUT2D eigenvalue weighted by Gasteiger charge is -2.26. The Morgan fingerprint density at radius 3 is 1.70 bits per heavy atom. The van der Waals surface area contributed by atoms with Gasteiger partial charge in [0.2, 0.25) is 0 Å². The van der Waals surface area contributed by atoms with Gasteiger partial charge in [-0.3, -0.25) is 14.4 Å². The molecule has 0 saturated heterocycles. The zero-order valence-corrected chi connectivity index (χ0v) is 16.4. The molecule has 0 saturated carbocycles. The normalized spacial score (nSPS) is 14.9. The van der Waals surface area contributed by atoms with Crippen molar-refractivity contribution >= 4 is 24.1 Å². The number of hydrogen-bond donors (Lipinski definition) is 1. The van der Waals surface area contributed by atoms with Gasteiger partial charge in [-0.15, -0.1) is 0 Å². The van der Waals surface area contributed by atoms with Crippen molar-refractivity contribution < 1.29 is 48.0 Å². The Bertz CT molecular complexity index is 532. The van der Waals surface area contributed by atoms with Gasteiger partial charge >= 0.3 is 24.1 Å². The summed E-state index contributed by atoms with van der Waals surface area (Å²) in [6.45, 7) is 2.62. The van der Waals surface area contributed by atoms with E-state index in [1.807, 2.05) is 0 Å². The van der Waals surface area contributed by atoms with Crippen LogP contribution in [0.5, 0.6) is 0 Å². The van der Waals surface area contributed by atoms with Crippen molar-refractivity contribution in [1.82, 2.24) is 0 Å². The van der Waals surface area contributed by atoms with Crippen LogP contribution in [0.4, 0.5) is 4.79 Å². The predicted octanol–water partition coefficient (Wildman–Crippen LogP) is 0.834. The lowest BCUT2D eigenvalue weighted by atomic mass is 9.93. The second kappa shape index (κ2) is 11.4. The van der Waals surface area contributed by atoms with Gasteiger partial charge in [-0.2, -0.15) is 0 Å². The van der Waals surface area contributed by atoms with Gasteiger partial charge in [0.05, 0.1) is 20.8 Å². The molecule has 0 aromatic heterocycles. The first kappa shape index (κ1) is 24.6. The molecule has 0 radical (unpaired) electrons. The minimum Gasteiger partial charge on any atom is -0.468 e. The molecule has 0 aromatic carbocycles. The van der Waals surface area contributed by atoms with E-state index in [1.165, 1.54) is 13.8 Å². The molecule has 0 aliphatic carbocycles. The van der Waals surface area contributed by atoms with E-state index in [2.05, 4.69) is 9.47 Å². The maximum absolute atomic E-state index is 12.0. The van der Waals surface area contributed by atoms with Crippen molar-refractivity contribution in [2.45, 2.75) is 33.6 Å². The second-order valence-corrected chi connectivity index (χ2v) is 6.50. The molecule has 10 heteroatoms. The molecular formula is C17H28O10. The average molecular weight is 392 g/mol. The van der Waals surface area contributed by atoms with Crippen molar-refractivity contribution in [3.8, 4) is 0 Å². The monoisotopic (exact) mass is 392 g/mol. The van der Waals surface area contributed by atoms with Crippen molar-refractivity contribution in [1.29, 1.82) is 0 Å². The van der Waals surface area contributed by atoms with Crippen LogP contribution in [0, 0.1) is 10.8 Å². The molecule has 1 N–H and O–H groups in total. The van der Waals surface area contributed by atoms with Gasteiger partial charge in [0.25, 0.3) is 0 Å². The fraction of sp³-hybridized carbons (Fsp3) is 0.765. The highest BCUT2D eigenvalue weighted by Gasteiger charge is 2.39. The number of esters is 3. The molecule has 156 valence electrons. The Hall–Kier alpha value is -2.36. The Balaban J connectivity index is 4.78. The van der Waals surface area contributed by atoms with Gasteiger partial charge in [0.1, 0.15) is 30.7 Å². The molecule has 10 nitrogen and oxygen atoms in total. The van der Waals surface area contributed by atoms with Crippen LogP contribution >= 0.6 is 0 Å². The summed E-state index contributed by atoms with van der Waals surface area (Å²) >= 11 is 0. The van der Waals surface area contributed by atoms with Gasteiger partial charge < -0.3 is 28.8 Å². The van der Waals surface area contributed by atoms with Crippen molar-refractivity contribution in [2.24, 2.45) is 10.8 Å². The third-order valence-corrected chi connectivity index (χ3v) is 3.73. The number of carbonyl (C=O) groups excluding carboxylic acids is 4. The van der Waals surface area contributed by atoms with Crippen LogP contribution in [0.1, 0.15) is 33.6 Å². The largest absolute Gasteiger partial charge is 0.508 e. The van der Waals surface area contributed by atoms with Crippen LogP contribution in [0.15, 0.2) is 0 Å². The van der Waals surface area contributed by atoms with E-state index in [0.717, 1.165) is 14.2 Å². The quantitative estimate of drug-likeness (QED) is 0.398. The Morgan fingerprint density at radius 2 is 1.26 bits per heavy atom. The van der Waals surface area contributed by atoms with Gasteiger partial charge in [0, 0.05) is 6.42 Å². The third-order valence-electron chi connectivity index (χ3n) is 3.73. The van der Waals surface area contributed by atoms with Crippen LogP contribution in [0.2, 0.25) is 0 Å². The molecule has 0 spiro atoms. The van der Waals surface area contributed by atoms with E-state index >= 15 is 0 Å². The second-order valence-electron chi connectivity index (χ2n) is 6.50. The zero-order valence-electron chi connectivity index (χ0n) is 16.4. The maximum Gasteiger partial charge on any atom is 0.508 e. The predicted molar refractivity (Wildman–Crippen MR) is 90.5 cm³/mol. The van der Waals surface area contributed by atoms with Crippen molar-refractivity contribution in [3.05, 3.63) is 0 Å². The maximum atomic E-state index is 12.0. The van der Waals surface area contributed by atoms with E-state index < -0.39 is 54.7 Å². The summed E-state index contributed by atoms with van der Waals surface area (Å²) in [7, 11) is 2.28. The van der Waals surface area contributed by atoms with E-state index in [4.69, 9.17) is 14.2 Å². The summed E-state index contributed by atoms with van der Waals surface area (Å²) in [6, 6.07) is 0. The molecule has 0 bridgehead atoms. The lowest BCUT2D eigenvalue weighted by molar-refractivity contribution is -0.164. The molecule has 0 heterocycles. The highest BCUT2D eigenvalue weighted by Crippen LogP contribution is 2.22. The fourth-order valence-corrected chi connectivity index (χ4v) is 1.82. The molecule has 0 aliphatic rings. The number of rotatable bonds is 11.